The highest BCUT2D eigenvalue weighted by molar-refractivity contribution is 7.47. The number of carbonyl (C=O) groups is 1. The average Bonchev–Trinajstić information content (AvgIpc) is 2.90. The molecule has 38 heavy (non-hydrogen) atoms. The lowest BCUT2D eigenvalue weighted by Crippen LogP contribution is -2.28. The number of hydrogen-bond donors (Lipinski definition) is 2. The zero-order valence-electron chi connectivity index (χ0n) is 24.7. The summed E-state index contributed by atoms with van der Waals surface area (Å²) >= 11 is 0. The highest BCUT2D eigenvalue weighted by Gasteiger charge is 2.25. The lowest BCUT2D eigenvalue weighted by atomic mass is 10.0. The first kappa shape index (κ1) is 37.5. The molecule has 0 aliphatic carbocycles. The molecule has 0 rings (SSSR count). The number of hydrogen-bond acceptors (Lipinski definition) is 7. The highest BCUT2D eigenvalue weighted by Crippen LogP contribution is 2.43. The van der Waals surface area contributed by atoms with Gasteiger partial charge in [0.15, 0.2) is 0 Å². The molecular formula is C29H60NO7P. The van der Waals surface area contributed by atoms with Crippen molar-refractivity contribution in [1.29, 1.82) is 0 Å². The first-order chi connectivity index (χ1) is 18.4. The molecule has 0 spiro atoms. The molecule has 0 bridgehead atoms. The van der Waals surface area contributed by atoms with Gasteiger partial charge >= 0.3 is 13.8 Å². The van der Waals surface area contributed by atoms with Crippen LogP contribution in [0.3, 0.4) is 0 Å². The zero-order valence-corrected chi connectivity index (χ0v) is 25.6. The van der Waals surface area contributed by atoms with Crippen LogP contribution in [0.1, 0.15) is 142 Å². The number of phosphoric acid groups is 1. The van der Waals surface area contributed by atoms with Crippen LogP contribution in [0.2, 0.25) is 0 Å². The maximum absolute atomic E-state index is 12.2. The van der Waals surface area contributed by atoms with E-state index in [1.807, 2.05) is 0 Å². The van der Waals surface area contributed by atoms with Crippen LogP contribution in [0.5, 0.6) is 0 Å². The smallest absolute Gasteiger partial charge is 0.457 e. The first-order valence-corrected chi connectivity index (χ1v) is 17.0. The van der Waals surface area contributed by atoms with Gasteiger partial charge in [0, 0.05) is 19.6 Å². The van der Waals surface area contributed by atoms with E-state index in [9.17, 15) is 14.3 Å². The summed E-state index contributed by atoms with van der Waals surface area (Å²) in [7, 11) is -4.24. The Balaban J connectivity index is 4.00. The quantitative estimate of drug-likeness (QED) is 0.0514. The van der Waals surface area contributed by atoms with Gasteiger partial charge in [0.1, 0.15) is 6.10 Å². The van der Waals surface area contributed by atoms with E-state index in [0.29, 0.717) is 13.0 Å². The molecule has 0 amide bonds. The molecule has 0 saturated carbocycles. The minimum Gasteiger partial charge on any atom is -0.457 e. The van der Waals surface area contributed by atoms with Crippen molar-refractivity contribution in [2.45, 2.75) is 148 Å². The number of nitrogens with two attached hydrogens (primary N) is 1. The van der Waals surface area contributed by atoms with Gasteiger partial charge in [-0.3, -0.25) is 13.8 Å². The zero-order chi connectivity index (χ0) is 28.2. The van der Waals surface area contributed by atoms with Gasteiger partial charge in [-0.15, -0.1) is 0 Å². The summed E-state index contributed by atoms with van der Waals surface area (Å²) in [5.41, 5.74) is 5.31. The summed E-state index contributed by atoms with van der Waals surface area (Å²) < 4.78 is 32.9. The Bertz CT molecular complexity index is 565. The Labute approximate surface area is 233 Å². The molecule has 0 fully saturated rings. The van der Waals surface area contributed by atoms with Crippen molar-refractivity contribution in [2.75, 3.05) is 33.0 Å². The van der Waals surface area contributed by atoms with Crippen molar-refractivity contribution in [1.82, 2.24) is 0 Å². The summed E-state index contributed by atoms with van der Waals surface area (Å²) in [5, 5.41) is 0. The van der Waals surface area contributed by atoms with E-state index >= 15 is 0 Å². The van der Waals surface area contributed by atoms with Crippen molar-refractivity contribution in [3.05, 3.63) is 0 Å². The van der Waals surface area contributed by atoms with Crippen LogP contribution in [0.25, 0.3) is 0 Å². The Kier molecular flexibility index (Phi) is 27.7. The molecular weight excluding hydrogens is 505 g/mol. The molecule has 0 radical (unpaired) electrons. The van der Waals surface area contributed by atoms with E-state index < -0.39 is 13.9 Å². The molecule has 3 N–H and O–H groups in total. The van der Waals surface area contributed by atoms with E-state index in [0.717, 1.165) is 44.9 Å². The summed E-state index contributed by atoms with van der Waals surface area (Å²) in [5.74, 6) is -0.342. The van der Waals surface area contributed by atoms with Crippen LogP contribution < -0.4 is 5.73 Å². The molecule has 2 unspecified atom stereocenters. The normalized spacial score (nSPS) is 13.9. The number of carbonyl (C=O) groups excluding carboxylic acids is 1. The van der Waals surface area contributed by atoms with Crippen molar-refractivity contribution < 1.29 is 32.8 Å². The van der Waals surface area contributed by atoms with Gasteiger partial charge in [-0.1, -0.05) is 123 Å². The fourth-order valence-electron chi connectivity index (χ4n) is 4.23. The van der Waals surface area contributed by atoms with Gasteiger partial charge in [-0.05, 0) is 12.8 Å². The first-order valence-electron chi connectivity index (χ1n) is 15.5. The van der Waals surface area contributed by atoms with Crippen LogP contribution in [-0.2, 0) is 27.9 Å². The number of unbranched alkanes of at least 4 members (excludes halogenated alkanes) is 17. The van der Waals surface area contributed by atoms with Gasteiger partial charge in [0.2, 0.25) is 0 Å². The minimum absolute atomic E-state index is 0.0916. The molecule has 0 aromatic carbocycles. The molecule has 9 heteroatoms. The van der Waals surface area contributed by atoms with Crippen LogP contribution in [0, 0.1) is 0 Å². The average molecular weight is 566 g/mol. The molecule has 0 heterocycles. The van der Waals surface area contributed by atoms with Crippen LogP contribution >= 0.6 is 7.82 Å². The Morgan fingerprint density at radius 1 is 0.684 bits per heavy atom. The molecule has 0 aromatic rings. The molecule has 0 saturated heterocycles. The van der Waals surface area contributed by atoms with Crippen molar-refractivity contribution in [2.24, 2.45) is 5.73 Å². The summed E-state index contributed by atoms with van der Waals surface area (Å²) in [6.45, 7) is 4.84. The fourth-order valence-corrected chi connectivity index (χ4v) is 5.00. The highest BCUT2D eigenvalue weighted by atomic mass is 31.2. The third-order valence-electron chi connectivity index (χ3n) is 6.52. The Hall–Kier alpha value is -0.500. The van der Waals surface area contributed by atoms with Crippen molar-refractivity contribution >= 4 is 13.8 Å². The molecule has 0 aliphatic rings. The molecule has 228 valence electrons. The van der Waals surface area contributed by atoms with Gasteiger partial charge in [-0.2, -0.15) is 0 Å². The molecule has 0 aliphatic heterocycles. The largest absolute Gasteiger partial charge is 0.472 e. The number of ether oxygens (including phenoxy) is 2. The lowest BCUT2D eigenvalue weighted by molar-refractivity contribution is -0.154. The van der Waals surface area contributed by atoms with Crippen LogP contribution in [0.15, 0.2) is 0 Å². The standard InChI is InChI=1S/C29H60NO7P/c1-3-5-7-9-10-11-12-13-14-15-16-17-19-21-24-34-26-28(27-36-38(32,33)35-25-23-30)37-29(31)22-20-18-8-6-4-2/h28H,3-27,30H2,1-2H3,(H,32,33). The summed E-state index contributed by atoms with van der Waals surface area (Å²) in [4.78, 5) is 22.0. The summed E-state index contributed by atoms with van der Waals surface area (Å²) in [6.07, 6.45) is 22.9. The van der Waals surface area contributed by atoms with Gasteiger partial charge in [0.25, 0.3) is 0 Å². The van der Waals surface area contributed by atoms with E-state index in [4.69, 9.17) is 24.3 Å². The maximum atomic E-state index is 12.2. The maximum Gasteiger partial charge on any atom is 0.472 e. The Morgan fingerprint density at radius 3 is 1.66 bits per heavy atom. The van der Waals surface area contributed by atoms with E-state index in [-0.39, 0.29) is 32.3 Å². The van der Waals surface area contributed by atoms with Gasteiger partial charge in [0.05, 0.1) is 19.8 Å². The number of esters is 1. The van der Waals surface area contributed by atoms with Crippen molar-refractivity contribution in [3.63, 3.8) is 0 Å². The van der Waals surface area contributed by atoms with E-state index in [1.54, 1.807) is 0 Å². The SMILES string of the molecule is CCCCCCCCCCCCCCCCOCC(COP(=O)(O)OCCN)OC(=O)CCCCCCC. The van der Waals surface area contributed by atoms with Gasteiger partial charge < -0.3 is 20.1 Å². The summed E-state index contributed by atoms with van der Waals surface area (Å²) in [6, 6.07) is 0. The van der Waals surface area contributed by atoms with E-state index in [1.165, 1.54) is 77.0 Å². The minimum atomic E-state index is -4.24. The molecule has 2 atom stereocenters. The monoisotopic (exact) mass is 565 g/mol. The predicted molar refractivity (Wildman–Crippen MR) is 155 cm³/mol. The topological polar surface area (TPSA) is 117 Å². The second-order valence-electron chi connectivity index (χ2n) is 10.3. The second-order valence-corrected chi connectivity index (χ2v) is 11.8. The number of rotatable bonds is 30. The number of phosphoric ester groups is 1. The van der Waals surface area contributed by atoms with Gasteiger partial charge in [-0.25, -0.2) is 4.57 Å². The predicted octanol–water partition coefficient (Wildman–Crippen LogP) is 7.85. The third-order valence-corrected chi connectivity index (χ3v) is 7.51. The van der Waals surface area contributed by atoms with Crippen LogP contribution in [-0.4, -0.2) is 49.9 Å². The third kappa shape index (κ3) is 27.1. The van der Waals surface area contributed by atoms with Crippen molar-refractivity contribution in [3.8, 4) is 0 Å². The molecule has 0 aromatic heterocycles. The molecule has 8 nitrogen and oxygen atoms in total. The van der Waals surface area contributed by atoms with E-state index in [2.05, 4.69) is 13.8 Å². The Morgan fingerprint density at radius 2 is 1.16 bits per heavy atom. The second kappa shape index (κ2) is 28.0. The fraction of sp³-hybridized carbons (Fsp3) is 0.966. The lowest BCUT2D eigenvalue weighted by Gasteiger charge is -2.20. The van der Waals surface area contributed by atoms with Crippen LogP contribution in [0.4, 0.5) is 0 Å².